The highest BCUT2D eigenvalue weighted by Crippen LogP contribution is 2.43. The van der Waals surface area contributed by atoms with Crippen molar-refractivity contribution in [3.05, 3.63) is 70.2 Å². The molecule has 0 unspecified atom stereocenters. The van der Waals surface area contributed by atoms with Crippen LogP contribution < -0.4 is 5.32 Å². The SMILES string of the molecule is CN(C)CCCCCNC1(c2ccc(Br)cc2)CCC(c2ccccc2)CC1. The maximum Gasteiger partial charge on any atom is 0.0435 e. The monoisotopic (exact) mass is 442 g/mol. The Morgan fingerprint density at radius 1 is 0.929 bits per heavy atom. The van der Waals surface area contributed by atoms with Crippen LogP contribution in [-0.4, -0.2) is 32.1 Å². The largest absolute Gasteiger partial charge is 0.309 e. The van der Waals surface area contributed by atoms with Crippen molar-refractivity contribution in [3.8, 4) is 0 Å². The molecule has 1 saturated carbocycles. The summed E-state index contributed by atoms with van der Waals surface area (Å²) in [4.78, 5) is 2.28. The molecule has 0 radical (unpaired) electrons. The number of nitrogens with zero attached hydrogens (tertiary/aromatic N) is 1. The van der Waals surface area contributed by atoms with Crippen LogP contribution in [0.15, 0.2) is 59.1 Å². The Morgan fingerprint density at radius 3 is 2.25 bits per heavy atom. The van der Waals surface area contributed by atoms with Crippen LogP contribution in [-0.2, 0) is 5.54 Å². The first-order chi connectivity index (χ1) is 13.6. The standard InChI is InChI=1S/C25H35BrN2/c1-28(2)20-8-4-7-19-27-25(23-11-13-24(26)14-12-23)17-15-22(16-18-25)21-9-5-3-6-10-21/h3,5-6,9-14,22,27H,4,7-8,15-20H2,1-2H3. The van der Waals surface area contributed by atoms with Gasteiger partial charge >= 0.3 is 0 Å². The Kier molecular flexibility index (Phi) is 8.13. The Labute approximate surface area is 179 Å². The number of halogens is 1. The van der Waals surface area contributed by atoms with E-state index in [0.717, 1.165) is 11.0 Å². The summed E-state index contributed by atoms with van der Waals surface area (Å²) < 4.78 is 1.16. The first-order valence-electron chi connectivity index (χ1n) is 10.8. The topological polar surface area (TPSA) is 15.3 Å². The highest BCUT2D eigenvalue weighted by Gasteiger charge is 2.36. The van der Waals surface area contributed by atoms with Gasteiger partial charge in [-0.2, -0.15) is 0 Å². The van der Waals surface area contributed by atoms with E-state index in [9.17, 15) is 0 Å². The highest BCUT2D eigenvalue weighted by atomic mass is 79.9. The van der Waals surface area contributed by atoms with Gasteiger partial charge in [0.05, 0.1) is 0 Å². The average Bonchev–Trinajstić information content (AvgIpc) is 2.72. The lowest BCUT2D eigenvalue weighted by Gasteiger charge is -2.42. The van der Waals surface area contributed by atoms with Gasteiger partial charge in [0.2, 0.25) is 0 Å². The molecule has 1 fully saturated rings. The van der Waals surface area contributed by atoms with E-state index in [2.05, 4.69) is 94.8 Å². The Morgan fingerprint density at radius 2 is 1.61 bits per heavy atom. The minimum atomic E-state index is 0.132. The van der Waals surface area contributed by atoms with Crippen molar-refractivity contribution in [2.45, 2.75) is 56.4 Å². The molecule has 0 amide bonds. The summed E-state index contributed by atoms with van der Waals surface area (Å²) in [5.41, 5.74) is 3.10. The lowest BCUT2D eigenvalue weighted by molar-refractivity contribution is 0.215. The quantitative estimate of drug-likeness (QED) is 0.456. The molecule has 0 aromatic heterocycles. The van der Waals surface area contributed by atoms with Crippen LogP contribution in [0.4, 0.5) is 0 Å². The number of nitrogens with one attached hydrogen (secondary N) is 1. The Hall–Kier alpha value is -1.16. The van der Waals surface area contributed by atoms with Gasteiger partial charge in [0.15, 0.2) is 0 Å². The van der Waals surface area contributed by atoms with E-state index in [0.29, 0.717) is 5.92 Å². The number of hydrogen-bond acceptors (Lipinski definition) is 2. The predicted octanol–water partition coefficient (Wildman–Crippen LogP) is 6.32. The summed E-state index contributed by atoms with van der Waals surface area (Å²) in [7, 11) is 4.32. The molecule has 0 saturated heterocycles. The third-order valence-electron chi connectivity index (χ3n) is 6.25. The van der Waals surface area contributed by atoms with Crippen molar-refractivity contribution < 1.29 is 0 Å². The van der Waals surface area contributed by atoms with E-state index < -0.39 is 0 Å². The molecule has 0 bridgehead atoms. The number of hydrogen-bond donors (Lipinski definition) is 1. The minimum Gasteiger partial charge on any atom is -0.309 e. The molecule has 0 spiro atoms. The molecule has 1 N–H and O–H groups in total. The molecule has 1 aliphatic carbocycles. The van der Waals surface area contributed by atoms with Gasteiger partial charge < -0.3 is 10.2 Å². The van der Waals surface area contributed by atoms with Crippen molar-refractivity contribution >= 4 is 15.9 Å². The van der Waals surface area contributed by atoms with E-state index in [1.807, 2.05) is 0 Å². The molecule has 2 aromatic carbocycles. The fraction of sp³-hybridized carbons (Fsp3) is 0.520. The van der Waals surface area contributed by atoms with Crippen LogP contribution in [0.25, 0.3) is 0 Å². The number of rotatable bonds is 9. The van der Waals surface area contributed by atoms with Crippen molar-refractivity contribution in [3.63, 3.8) is 0 Å². The van der Waals surface area contributed by atoms with E-state index in [1.165, 1.54) is 62.6 Å². The smallest absolute Gasteiger partial charge is 0.0435 e. The Balaban J connectivity index is 1.62. The van der Waals surface area contributed by atoms with Crippen LogP contribution >= 0.6 is 15.9 Å². The summed E-state index contributed by atoms with van der Waals surface area (Å²) in [5, 5.41) is 4.00. The normalized spacial score (nSPS) is 22.5. The van der Waals surface area contributed by atoms with Crippen molar-refractivity contribution in [1.82, 2.24) is 10.2 Å². The highest BCUT2D eigenvalue weighted by molar-refractivity contribution is 9.10. The molecule has 1 aliphatic rings. The second-order valence-electron chi connectivity index (χ2n) is 8.56. The lowest BCUT2D eigenvalue weighted by atomic mass is 9.71. The molecule has 3 rings (SSSR count). The molecule has 2 nitrogen and oxygen atoms in total. The van der Waals surface area contributed by atoms with Crippen LogP contribution in [0.1, 0.15) is 62.0 Å². The van der Waals surface area contributed by atoms with Crippen molar-refractivity contribution in [2.24, 2.45) is 0 Å². The molecule has 28 heavy (non-hydrogen) atoms. The van der Waals surface area contributed by atoms with Crippen molar-refractivity contribution in [2.75, 3.05) is 27.2 Å². The molecule has 3 heteroatoms. The summed E-state index contributed by atoms with van der Waals surface area (Å²) in [6, 6.07) is 20.1. The van der Waals surface area contributed by atoms with Crippen LogP contribution in [0.2, 0.25) is 0 Å². The lowest BCUT2D eigenvalue weighted by Crippen LogP contribution is -2.45. The molecular formula is C25H35BrN2. The van der Waals surface area contributed by atoms with E-state index >= 15 is 0 Å². The van der Waals surface area contributed by atoms with Crippen LogP contribution in [0, 0.1) is 0 Å². The van der Waals surface area contributed by atoms with Crippen LogP contribution in [0.5, 0.6) is 0 Å². The van der Waals surface area contributed by atoms with Gasteiger partial charge in [0, 0.05) is 10.0 Å². The summed E-state index contributed by atoms with van der Waals surface area (Å²) in [6.45, 7) is 2.30. The van der Waals surface area contributed by atoms with Gasteiger partial charge in [-0.25, -0.2) is 0 Å². The third kappa shape index (κ3) is 5.92. The minimum absolute atomic E-state index is 0.132. The molecule has 2 aromatic rings. The maximum atomic E-state index is 4.00. The molecule has 0 heterocycles. The maximum absolute atomic E-state index is 4.00. The number of unbranched alkanes of at least 4 members (excludes halogenated alkanes) is 2. The van der Waals surface area contributed by atoms with Gasteiger partial charge in [0.25, 0.3) is 0 Å². The Bertz CT molecular complexity index is 688. The van der Waals surface area contributed by atoms with Gasteiger partial charge in [-0.1, -0.05) is 64.8 Å². The van der Waals surface area contributed by atoms with Gasteiger partial charge in [-0.05, 0) is 94.9 Å². The van der Waals surface area contributed by atoms with E-state index in [4.69, 9.17) is 0 Å². The molecule has 0 atom stereocenters. The summed E-state index contributed by atoms with van der Waals surface area (Å²) in [6.07, 6.45) is 8.79. The van der Waals surface area contributed by atoms with Gasteiger partial charge in [-0.15, -0.1) is 0 Å². The zero-order valence-electron chi connectivity index (χ0n) is 17.5. The van der Waals surface area contributed by atoms with Crippen molar-refractivity contribution in [1.29, 1.82) is 0 Å². The summed E-state index contributed by atoms with van der Waals surface area (Å²) in [5.74, 6) is 0.701. The second kappa shape index (κ2) is 10.6. The molecule has 152 valence electrons. The van der Waals surface area contributed by atoms with E-state index in [1.54, 1.807) is 0 Å². The van der Waals surface area contributed by atoms with E-state index in [-0.39, 0.29) is 5.54 Å². The fourth-order valence-corrected chi connectivity index (χ4v) is 4.83. The van der Waals surface area contributed by atoms with Gasteiger partial charge in [-0.3, -0.25) is 0 Å². The predicted molar refractivity (Wildman–Crippen MR) is 124 cm³/mol. The van der Waals surface area contributed by atoms with Crippen LogP contribution in [0.3, 0.4) is 0 Å². The number of benzene rings is 2. The molecule has 0 aliphatic heterocycles. The third-order valence-corrected chi connectivity index (χ3v) is 6.78. The first kappa shape index (κ1) is 21.5. The molecular weight excluding hydrogens is 408 g/mol. The zero-order chi connectivity index (χ0) is 19.8. The summed E-state index contributed by atoms with van der Waals surface area (Å²) >= 11 is 3.60. The zero-order valence-corrected chi connectivity index (χ0v) is 19.0. The van der Waals surface area contributed by atoms with Gasteiger partial charge in [0.1, 0.15) is 0 Å². The average molecular weight is 443 g/mol. The second-order valence-corrected chi connectivity index (χ2v) is 9.48. The fourth-order valence-electron chi connectivity index (χ4n) is 4.56. The first-order valence-corrected chi connectivity index (χ1v) is 11.6.